The van der Waals surface area contributed by atoms with E-state index in [4.69, 9.17) is 13.3 Å². The maximum absolute atomic E-state index is 11.8. The Hall–Kier alpha value is -0.539. The van der Waals surface area contributed by atoms with Crippen molar-refractivity contribution in [2.24, 2.45) is 0 Å². The monoisotopic (exact) mass is 306 g/mol. The van der Waals surface area contributed by atoms with Crippen LogP contribution in [0, 0.1) is 0 Å². The van der Waals surface area contributed by atoms with E-state index in [0.717, 1.165) is 0 Å². The molecule has 0 rings (SSSR count). The summed E-state index contributed by atoms with van der Waals surface area (Å²) in [6.45, 7) is 16.0. The molecular weight excluding hydrogens is 280 g/mol. The summed E-state index contributed by atoms with van der Waals surface area (Å²) in [6, 6.07) is 0. The molecule has 0 aliphatic carbocycles. The van der Waals surface area contributed by atoms with E-state index >= 15 is 0 Å². The van der Waals surface area contributed by atoms with Gasteiger partial charge in [-0.15, -0.1) is 0 Å². The third-order valence-corrected chi connectivity index (χ3v) is 3.83. The second-order valence-corrected chi connectivity index (χ2v) is 15.8. The molecule has 0 unspecified atom stereocenters. The maximum atomic E-state index is 11.8. The van der Waals surface area contributed by atoms with E-state index < -0.39 is 26.4 Å². The fraction of sp³-hybridized carbons (Fsp3) is 0.727. The van der Waals surface area contributed by atoms with Crippen LogP contribution < -0.4 is 0 Å². The molecule has 4 nitrogen and oxygen atoms in total. The van der Waals surface area contributed by atoms with E-state index in [0.29, 0.717) is 11.5 Å². The molecule has 0 atom stereocenters. The molecule has 0 aromatic heterocycles. The zero-order valence-electron chi connectivity index (χ0n) is 12.8. The molecule has 106 valence electrons. The van der Waals surface area contributed by atoms with Crippen LogP contribution in [0.3, 0.4) is 0 Å². The molecule has 0 aliphatic heterocycles. The Labute approximate surface area is 115 Å². The summed E-state index contributed by atoms with van der Waals surface area (Å²) in [6.07, 6.45) is 0. The summed E-state index contributed by atoms with van der Waals surface area (Å²) in [5.41, 5.74) is 0.453. The summed E-state index contributed by atoms with van der Waals surface area (Å²) in [5, 5.41) is 0. The van der Waals surface area contributed by atoms with Gasteiger partial charge >= 0.3 is 5.97 Å². The molecule has 0 saturated carbocycles. The number of hydrogen-bond donors (Lipinski definition) is 0. The van der Waals surface area contributed by atoms with Crippen molar-refractivity contribution in [1.29, 1.82) is 0 Å². The van der Waals surface area contributed by atoms with Gasteiger partial charge in [-0.2, -0.15) is 0 Å². The van der Waals surface area contributed by atoms with Crippen LogP contribution >= 0.6 is 0 Å². The summed E-state index contributed by atoms with van der Waals surface area (Å²) in [4.78, 5) is 11.8. The highest BCUT2D eigenvalue weighted by Crippen LogP contribution is 2.20. The van der Waals surface area contributed by atoms with E-state index in [1.54, 1.807) is 6.92 Å². The number of rotatable bonds is 6. The predicted molar refractivity (Wildman–Crippen MR) is 82.1 cm³/mol. The molecule has 0 aromatic carbocycles. The lowest BCUT2D eigenvalue weighted by atomic mass is 10.3. The zero-order valence-corrected chi connectivity index (χ0v) is 16.3. The molecule has 0 saturated heterocycles. The molecule has 0 N–H and O–H groups in total. The molecule has 0 amide bonds. The summed E-state index contributed by atoms with van der Waals surface area (Å²) >= 11 is 0. The maximum Gasteiger partial charge on any atom is 0.327 e. The van der Waals surface area contributed by atoms with Crippen LogP contribution in [-0.4, -0.2) is 32.4 Å². The van der Waals surface area contributed by atoms with E-state index in [9.17, 15) is 4.79 Å². The van der Waals surface area contributed by atoms with Gasteiger partial charge in [-0.1, -0.05) is 0 Å². The summed E-state index contributed by atoms with van der Waals surface area (Å²) in [5.74, 6) is 0.0662. The second kappa shape index (κ2) is 6.58. The Morgan fingerprint density at radius 3 is 1.61 bits per heavy atom. The number of carbonyl (C=O) groups excluding carboxylic acids is 1. The van der Waals surface area contributed by atoms with Gasteiger partial charge in [-0.25, -0.2) is 4.79 Å². The Bertz CT molecular complexity index is 308. The van der Waals surface area contributed by atoms with Crippen LogP contribution in [0.2, 0.25) is 45.8 Å². The number of carbonyl (C=O) groups is 1. The average Bonchev–Trinajstić information content (AvgIpc) is 2.11. The van der Waals surface area contributed by atoms with Crippen molar-refractivity contribution < 1.29 is 18.1 Å². The Morgan fingerprint density at radius 2 is 1.33 bits per heavy atom. The summed E-state index contributed by atoms with van der Waals surface area (Å²) in [7, 11) is -4.38. The van der Waals surface area contributed by atoms with Crippen molar-refractivity contribution in [3.8, 4) is 0 Å². The molecule has 0 spiro atoms. The topological polar surface area (TPSA) is 44.8 Å². The van der Waals surface area contributed by atoms with Gasteiger partial charge in [0.2, 0.25) is 26.4 Å². The predicted octanol–water partition coefficient (Wildman–Crippen LogP) is 2.60. The Morgan fingerprint density at radius 1 is 0.944 bits per heavy atom. The van der Waals surface area contributed by atoms with Gasteiger partial charge in [-0.3, -0.25) is 0 Å². The van der Waals surface area contributed by atoms with E-state index in [2.05, 4.69) is 39.3 Å². The minimum Gasteiger partial charge on any atom is -0.522 e. The highest BCUT2D eigenvalue weighted by Gasteiger charge is 2.27. The third-order valence-electron chi connectivity index (χ3n) is 1.69. The standard InChI is InChI=1S/C11H26O4Si3/c1-9(10(12)13-16-2)11(14-17(3,4)5)15-18(6,7)8/h16H2,1-8H3. The highest BCUT2D eigenvalue weighted by molar-refractivity contribution is 6.71. The third kappa shape index (κ3) is 7.72. The lowest BCUT2D eigenvalue weighted by Gasteiger charge is -2.28. The van der Waals surface area contributed by atoms with Crippen molar-refractivity contribution in [2.75, 3.05) is 0 Å². The van der Waals surface area contributed by atoms with Crippen LogP contribution in [0.1, 0.15) is 6.92 Å². The molecule has 18 heavy (non-hydrogen) atoms. The first kappa shape index (κ1) is 17.5. The van der Waals surface area contributed by atoms with Gasteiger partial charge in [0.25, 0.3) is 5.95 Å². The van der Waals surface area contributed by atoms with E-state index in [-0.39, 0.29) is 5.97 Å². The SMILES string of the molecule is C[SiH2]OC(=O)C(C)=C(O[Si](C)(C)C)O[Si](C)(C)C. The van der Waals surface area contributed by atoms with Crippen molar-refractivity contribution in [2.45, 2.75) is 52.8 Å². The molecule has 0 heterocycles. The van der Waals surface area contributed by atoms with Crippen LogP contribution in [0.15, 0.2) is 11.5 Å². The van der Waals surface area contributed by atoms with Crippen molar-refractivity contribution in [3.05, 3.63) is 11.5 Å². The minimum atomic E-state index is -1.81. The van der Waals surface area contributed by atoms with Crippen molar-refractivity contribution in [1.82, 2.24) is 0 Å². The molecule has 0 fully saturated rings. The second-order valence-electron chi connectivity index (χ2n) is 6.06. The number of hydrogen-bond acceptors (Lipinski definition) is 4. The fourth-order valence-corrected chi connectivity index (χ4v) is 3.12. The first-order valence-electron chi connectivity index (χ1n) is 6.22. The molecule has 0 bridgehead atoms. The van der Waals surface area contributed by atoms with Gasteiger partial charge < -0.3 is 13.3 Å². The largest absolute Gasteiger partial charge is 0.522 e. The van der Waals surface area contributed by atoms with Gasteiger partial charge in [0.15, 0.2) is 0 Å². The minimum absolute atomic E-state index is 0.310. The van der Waals surface area contributed by atoms with E-state index in [1.807, 2.05) is 6.55 Å². The van der Waals surface area contributed by atoms with Crippen LogP contribution in [0.5, 0.6) is 0 Å². The quantitative estimate of drug-likeness (QED) is 0.430. The lowest BCUT2D eigenvalue weighted by molar-refractivity contribution is -0.130. The Kier molecular flexibility index (Phi) is 6.38. The first-order valence-corrected chi connectivity index (χ1v) is 15.0. The molecule has 0 aromatic rings. The average molecular weight is 307 g/mol. The van der Waals surface area contributed by atoms with E-state index in [1.165, 1.54) is 0 Å². The van der Waals surface area contributed by atoms with Crippen LogP contribution in [0.4, 0.5) is 0 Å². The van der Waals surface area contributed by atoms with Gasteiger partial charge in [-0.05, 0) is 52.8 Å². The van der Waals surface area contributed by atoms with Crippen LogP contribution in [-0.2, 0) is 18.1 Å². The molecular formula is C11H26O4Si3. The Balaban J connectivity index is 5.18. The lowest BCUT2D eigenvalue weighted by Crippen LogP contribution is -2.33. The smallest absolute Gasteiger partial charge is 0.327 e. The first-order chi connectivity index (χ1) is 7.96. The fourth-order valence-electron chi connectivity index (χ4n) is 1.05. The van der Waals surface area contributed by atoms with Crippen molar-refractivity contribution in [3.63, 3.8) is 0 Å². The zero-order chi connectivity index (χ0) is 14.6. The van der Waals surface area contributed by atoms with Gasteiger partial charge in [0, 0.05) is 0 Å². The van der Waals surface area contributed by atoms with Gasteiger partial charge in [0.1, 0.15) is 5.57 Å². The van der Waals surface area contributed by atoms with Crippen molar-refractivity contribution >= 4 is 32.4 Å². The van der Waals surface area contributed by atoms with Crippen LogP contribution in [0.25, 0.3) is 0 Å². The molecule has 0 aliphatic rings. The normalized spacial score (nSPS) is 12.4. The van der Waals surface area contributed by atoms with Gasteiger partial charge in [0.05, 0.1) is 0 Å². The molecule has 0 radical (unpaired) electrons. The molecule has 7 heteroatoms. The highest BCUT2D eigenvalue weighted by atomic mass is 28.4. The summed E-state index contributed by atoms with van der Waals surface area (Å²) < 4.78 is 16.9.